The summed E-state index contributed by atoms with van der Waals surface area (Å²) in [5.74, 6) is -14.5. The van der Waals surface area contributed by atoms with Gasteiger partial charge in [-0.2, -0.15) is 13.2 Å². The standard InChI is InChI=1S/C53H68F3N7O14/c1-29(2)24-36(47(73)62-39(28-53(54,55)56)44(71)50(76)57-23-11-13-31-17-18-32-14-9-10-16-34(32)25-31)61-51(77)45(52(4,5)6)63-49(75)37(26-33-15-8-7-12-30(33)3)60-46(72)35(19-21-41(65)66)59-48(74)38(27-43(69)70)58-40(64)20-22-42(67)68/h7-10,12,14-18,25,29,35-39,45H,11,13,19-24,26-28H2,1-6H3,(H,57,76)(H,58,64)(H,59,74)(H,60,72)(H,61,77)(H,62,73)(H,63,75)(H,65,66)(H,67,68)(H,69,70)/t35-,36-,37-,38-,39?,45+/m0/s1. The van der Waals surface area contributed by atoms with Crippen LogP contribution in [-0.4, -0.2) is 129 Å². The molecular formula is C53H68F3N7O14. The molecule has 0 aliphatic carbocycles. The average molecular weight is 1080 g/mol. The minimum absolute atomic E-state index is 0.0812. The smallest absolute Gasteiger partial charge is 0.391 e. The van der Waals surface area contributed by atoms with Crippen LogP contribution in [0.1, 0.15) is 103 Å². The molecule has 6 atom stereocenters. The van der Waals surface area contributed by atoms with Gasteiger partial charge >= 0.3 is 24.1 Å². The highest BCUT2D eigenvalue weighted by atomic mass is 19.4. The van der Waals surface area contributed by atoms with E-state index >= 15 is 0 Å². The molecule has 7 amide bonds. The largest absolute Gasteiger partial charge is 0.481 e. The van der Waals surface area contributed by atoms with Crippen LogP contribution in [0.5, 0.6) is 0 Å². The number of carbonyl (C=O) groups is 11. The Hall–Kier alpha value is -7.92. The molecule has 0 radical (unpaired) electrons. The summed E-state index contributed by atoms with van der Waals surface area (Å²) in [6.07, 6.45) is -10.4. The van der Waals surface area contributed by atoms with Gasteiger partial charge in [-0.05, 0) is 71.4 Å². The predicted molar refractivity (Wildman–Crippen MR) is 272 cm³/mol. The van der Waals surface area contributed by atoms with E-state index in [1.165, 1.54) is 20.8 Å². The molecule has 10 N–H and O–H groups in total. The van der Waals surface area contributed by atoms with E-state index in [9.17, 15) is 76.1 Å². The molecule has 0 spiro atoms. The second-order valence-corrected chi connectivity index (χ2v) is 20.1. The molecule has 3 aromatic rings. The van der Waals surface area contributed by atoms with Crippen LogP contribution in [0.25, 0.3) is 10.8 Å². The third kappa shape index (κ3) is 22.4. The molecule has 77 heavy (non-hydrogen) atoms. The number of carboxylic acid groups (broad SMARTS) is 3. The number of alkyl halides is 3. The van der Waals surface area contributed by atoms with Crippen molar-refractivity contribution in [2.24, 2.45) is 11.3 Å². The fourth-order valence-electron chi connectivity index (χ4n) is 7.94. The van der Waals surface area contributed by atoms with E-state index < -0.39 is 157 Å². The Morgan fingerprint density at radius 1 is 0.584 bits per heavy atom. The van der Waals surface area contributed by atoms with Gasteiger partial charge in [-0.1, -0.05) is 101 Å². The maximum atomic E-state index is 14.5. The maximum Gasteiger partial charge on any atom is 0.391 e. The van der Waals surface area contributed by atoms with Crippen molar-refractivity contribution in [1.29, 1.82) is 0 Å². The van der Waals surface area contributed by atoms with Gasteiger partial charge in [0.05, 0.1) is 19.3 Å². The second kappa shape index (κ2) is 29.4. The van der Waals surface area contributed by atoms with E-state index in [4.69, 9.17) is 5.11 Å². The quantitative estimate of drug-likeness (QED) is 0.0339. The van der Waals surface area contributed by atoms with Crippen LogP contribution >= 0.6 is 0 Å². The number of rotatable bonds is 30. The Bertz CT molecular complexity index is 2640. The highest BCUT2D eigenvalue weighted by Gasteiger charge is 2.42. The summed E-state index contributed by atoms with van der Waals surface area (Å²) in [5.41, 5.74) is 0.828. The summed E-state index contributed by atoms with van der Waals surface area (Å²) >= 11 is 0. The molecule has 0 aliphatic rings. The third-order valence-electron chi connectivity index (χ3n) is 12.0. The van der Waals surface area contributed by atoms with Crippen LogP contribution in [0.4, 0.5) is 13.2 Å². The molecule has 0 aliphatic heterocycles. The number of Topliss-reactive ketones (excluding diaryl/α,β-unsaturated/α-hetero) is 1. The zero-order chi connectivity index (χ0) is 57.8. The predicted octanol–water partition coefficient (Wildman–Crippen LogP) is 3.17. The summed E-state index contributed by atoms with van der Waals surface area (Å²) < 4.78 is 41.8. The summed E-state index contributed by atoms with van der Waals surface area (Å²) in [4.78, 5) is 143. The SMILES string of the molecule is Cc1ccccc1C[C@H](NC(=O)[C@H](CCC(=O)O)NC(=O)[C@H](CC(=O)O)NC(=O)CCC(=O)O)C(=O)N[C@H](C(=O)N[C@@H](CC(C)C)C(=O)NC(CC(F)(F)F)C(=O)C(=O)NCCCc1ccc2ccccc2c1)C(C)(C)C. The van der Waals surface area contributed by atoms with Crippen molar-refractivity contribution in [3.63, 3.8) is 0 Å². The number of hydrogen-bond donors (Lipinski definition) is 10. The number of halogens is 3. The van der Waals surface area contributed by atoms with Crippen molar-refractivity contribution in [3.8, 4) is 0 Å². The Balaban J connectivity index is 1.87. The number of amides is 7. The zero-order valence-electron chi connectivity index (χ0n) is 43.6. The lowest BCUT2D eigenvalue weighted by Gasteiger charge is -2.34. The van der Waals surface area contributed by atoms with Crippen LogP contribution in [0.3, 0.4) is 0 Å². The molecule has 0 fully saturated rings. The number of carboxylic acids is 3. The first kappa shape index (κ1) is 63.4. The normalized spacial score (nSPS) is 13.8. The summed E-state index contributed by atoms with van der Waals surface area (Å²) in [5, 5.41) is 46.0. The van der Waals surface area contributed by atoms with Gasteiger partial charge in [0.2, 0.25) is 41.2 Å². The molecule has 0 saturated carbocycles. The second-order valence-electron chi connectivity index (χ2n) is 20.1. The zero-order valence-corrected chi connectivity index (χ0v) is 43.6. The third-order valence-corrected chi connectivity index (χ3v) is 12.0. The maximum absolute atomic E-state index is 14.5. The van der Waals surface area contributed by atoms with Crippen molar-refractivity contribution < 1.29 is 81.2 Å². The van der Waals surface area contributed by atoms with Gasteiger partial charge < -0.3 is 52.5 Å². The van der Waals surface area contributed by atoms with Crippen LogP contribution in [-0.2, 0) is 65.6 Å². The number of aliphatic carboxylic acids is 3. The minimum atomic E-state index is -5.04. The summed E-state index contributed by atoms with van der Waals surface area (Å²) in [6, 6.07) is 9.12. The summed E-state index contributed by atoms with van der Waals surface area (Å²) in [6.45, 7) is 9.44. The summed E-state index contributed by atoms with van der Waals surface area (Å²) in [7, 11) is 0. The molecule has 3 rings (SSSR count). The highest BCUT2D eigenvalue weighted by molar-refractivity contribution is 6.38. The number of ketones is 1. The number of fused-ring (bicyclic) bond motifs is 1. The fraction of sp³-hybridized carbons (Fsp3) is 0.491. The molecule has 1 unspecified atom stereocenters. The van der Waals surface area contributed by atoms with Gasteiger partial charge in [-0.3, -0.25) is 52.7 Å². The molecular weight excluding hydrogens is 1020 g/mol. The van der Waals surface area contributed by atoms with Crippen molar-refractivity contribution in [2.45, 2.75) is 148 Å². The molecule has 420 valence electrons. The Labute approximate surface area is 442 Å². The number of nitrogens with one attached hydrogen (secondary N) is 7. The Morgan fingerprint density at radius 2 is 1.14 bits per heavy atom. The fourth-order valence-corrected chi connectivity index (χ4v) is 7.94. The van der Waals surface area contributed by atoms with Crippen LogP contribution in [0.2, 0.25) is 0 Å². The number of benzene rings is 3. The first-order valence-corrected chi connectivity index (χ1v) is 24.8. The number of carbonyl (C=O) groups excluding carboxylic acids is 8. The molecule has 0 heterocycles. The highest BCUT2D eigenvalue weighted by Crippen LogP contribution is 2.24. The van der Waals surface area contributed by atoms with Gasteiger partial charge in [0.1, 0.15) is 36.3 Å². The average Bonchev–Trinajstić information content (AvgIpc) is 3.33. The number of hydrogen-bond acceptors (Lipinski definition) is 11. The van der Waals surface area contributed by atoms with Gasteiger partial charge in [0, 0.05) is 25.8 Å². The van der Waals surface area contributed by atoms with E-state index in [0.717, 1.165) is 16.3 Å². The Morgan fingerprint density at radius 3 is 1.74 bits per heavy atom. The molecule has 0 aromatic heterocycles. The van der Waals surface area contributed by atoms with E-state index in [1.54, 1.807) is 45.0 Å². The van der Waals surface area contributed by atoms with Crippen molar-refractivity contribution in [2.75, 3.05) is 6.54 Å². The number of aryl methyl sites for hydroxylation is 2. The van der Waals surface area contributed by atoms with Crippen molar-refractivity contribution >= 4 is 75.8 Å². The molecule has 24 heteroatoms. The van der Waals surface area contributed by atoms with Crippen LogP contribution in [0.15, 0.2) is 66.7 Å². The van der Waals surface area contributed by atoms with E-state index in [0.29, 0.717) is 24.0 Å². The topological polar surface area (TPSA) is 333 Å². The van der Waals surface area contributed by atoms with Crippen molar-refractivity contribution in [3.05, 3.63) is 83.4 Å². The molecule has 3 aromatic carbocycles. The molecule has 21 nitrogen and oxygen atoms in total. The first-order valence-electron chi connectivity index (χ1n) is 24.8. The lowest BCUT2D eigenvalue weighted by molar-refractivity contribution is -0.154. The molecule has 0 saturated heterocycles. The van der Waals surface area contributed by atoms with Crippen molar-refractivity contribution in [1.82, 2.24) is 37.2 Å². The lowest BCUT2D eigenvalue weighted by Crippen LogP contribution is -2.62. The van der Waals surface area contributed by atoms with Gasteiger partial charge in [0.25, 0.3) is 5.91 Å². The minimum Gasteiger partial charge on any atom is -0.481 e. The van der Waals surface area contributed by atoms with E-state index in [1.807, 2.05) is 47.8 Å². The van der Waals surface area contributed by atoms with Gasteiger partial charge in [0.15, 0.2) is 0 Å². The lowest BCUT2D eigenvalue weighted by atomic mass is 9.85. The van der Waals surface area contributed by atoms with E-state index in [2.05, 4.69) is 31.9 Å². The van der Waals surface area contributed by atoms with E-state index in [-0.39, 0.29) is 19.4 Å². The van der Waals surface area contributed by atoms with Crippen LogP contribution < -0.4 is 37.2 Å². The Kier molecular flexibility index (Phi) is 24.2. The first-order chi connectivity index (χ1) is 35.9. The van der Waals surface area contributed by atoms with Crippen LogP contribution in [0, 0.1) is 18.3 Å². The van der Waals surface area contributed by atoms with Gasteiger partial charge in [-0.15, -0.1) is 0 Å². The molecule has 0 bridgehead atoms. The van der Waals surface area contributed by atoms with Gasteiger partial charge in [-0.25, -0.2) is 0 Å². The monoisotopic (exact) mass is 1080 g/mol.